The molecule has 0 spiro atoms. The van der Waals surface area contributed by atoms with E-state index in [0.717, 1.165) is 0 Å². The van der Waals surface area contributed by atoms with Gasteiger partial charge in [0.1, 0.15) is 11.7 Å². The zero-order chi connectivity index (χ0) is 12.6. The minimum atomic E-state index is -0.600. The maximum Gasteiger partial charge on any atom is 0.412 e. The maximum absolute atomic E-state index is 11.0. The van der Waals surface area contributed by atoms with Crippen LogP contribution in [0.5, 0.6) is 0 Å². The van der Waals surface area contributed by atoms with Crippen LogP contribution in [-0.4, -0.2) is 18.5 Å². The van der Waals surface area contributed by atoms with E-state index < -0.39 is 6.09 Å². The fraction of sp³-hybridized carbons (Fsp3) is 0.200. The van der Waals surface area contributed by atoms with E-state index in [2.05, 4.69) is 56.0 Å². The van der Waals surface area contributed by atoms with E-state index in [4.69, 9.17) is 0 Å². The topological polar surface area (TPSA) is 62.7 Å². The molecule has 0 aromatic rings. The van der Waals surface area contributed by atoms with Crippen LogP contribution in [-0.2, 0) is 4.74 Å². The summed E-state index contributed by atoms with van der Waals surface area (Å²) in [4.78, 5) is 15.0. The molecule has 0 aliphatic carbocycles. The second-order valence-electron chi connectivity index (χ2n) is 2.52. The van der Waals surface area contributed by atoms with Gasteiger partial charge in [-0.3, -0.25) is 5.32 Å². The summed E-state index contributed by atoms with van der Waals surface area (Å²) >= 11 is 3.11. The summed E-state index contributed by atoms with van der Waals surface area (Å²) in [5.74, 6) is 0.554. The quantitative estimate of drug-likeness (QED) is 0.463. The van der Waals surface area contributed by atoms with Gasteiger partial charge in [0, 0.05) is 0 Å². The number of halogens is 1. The number of nitrogens with one attached hydrogen (secondary N) is 2. The van der Waals surface area contributed by atoms with Crippen LogP contribution in [0.4, 0.5) is 4.79 Å². The summed E-state index contributed by atoms with van der Waals surface area (Å²) in [6, 6.07) is 0. The molecule has 0 unspecified atom stereocenters. The van der Waals surface area contributed by atoms with Gasteiger partial charge in [0.05, 0.1) is 11.2 Å². The van der Waals surface area contributed by atoms with E-state index in [1.807, 2.05) is 0 Å². The summed E-state index contributed by atoms with van der Waals surface area (Å²) in [6.07, 6.45) is 0.863. The van der Waals surface area contributed by atoms with E-state index in [9.17, 15) is 4.79 Å². The zero-order valence-electron chi connectivity index (χ0n) is 9.05. The zero-order valence-corrected chi connectivity index (χ0v) is 10.6. The van der Waals surface area contributed by atoms with E-state index in [-0.39, 0.29) is 12.4 Å². The van der Waals surface area contributed by atoms with Crippen molar-refractivity contribution in [1.29, 1.82) is 0 Å². The molecule has 0 fully saturated rings. The van der Waals surface area contributed by atoms with E-state index in [1.54, 1.807) is 6.92 Å². The van der Waals surface area contributed by atoms with E-state index in [0.29, 0.717) is 10.4 Å². The van der Waals surface area contributed by atoms with Crippen LogP contribution in [0.3, 0.4) is 0 Å². The Bertz CT molecular complexity index is 337. The first-order chi connectivity index (χ1) is 7.49. The molecule has 5 nitrogen and oxygen atoms in total. The van der Waals surface area contributed by atoms with Gasteiger partial charge in [-0.25, -0.2) is 9.79 Å². The van der Waals surface area contributed by atoms with Gasteiger partial charge in [-0.05, 0) is 28.9 Å². The van der Waals surface area contributed by atoms with E-state index in [1.165, 1.54) is 6.08 Å². The second-order valence-corrected chi connectivity index (χ2v) is 3.48. The minimum Gasteiger partial charge on any atom is -0.450 e. The summed E-state index contributed by atoms with van der Waals surface area (Å²) in [6.45, 7) is 12.6. The largest absolute Gasteiger partial charge is 0.450 e. The van der Waals surface area contributed by atoms with Gasteiger partial charge in [-0.1, -0.05) is 19.7 Å². The first-order valence-corrected chi connectivity index (χ1v) is 5.24. The summed E-state index contributed by atoms with van der Waals surface area (Å²) in [7, 11) is 0. The van der Waals surface area contributed by atoms with Crippen molar-refractivity contribution in [2.45, 2.75) is 6.92 Å². The predicted octanol–water partition coefficient (Wildman–Crippen LogP) is 2.24. The third kappa shape index (κ3) is 6.83. The molecule has 16 heavy (non-hydrogen) atoms. The number of nitrogens with zero attached hydrogens (tertiary/aromatic N) is 1. The standard InChI is InChI=1S/C10H14BrN3O2/c1-5-9(12-7(3)11)13-8(4)14-10(15)16-6-2/h5H,1,3-4,6H2,2H3,(H,12,13)(H,14,15). The lowest BCUT2D eigenvalue weighted by Gasteiger charge is -2.06. The molecule has 88 valence electrons. The number of ether oxygens (including phenoxy) is 1. The van der Waals surface area contributed by atoms with Crippen molar-refractivity contribution < 1.29 is 9.53 Å². The molecule has 0 saturated heterocycles. The average molecular weight is 288 g/mol. The lowest BCUT2D eigenvalue weighted by molar-refractivity contribution is 0.155. The van der Waals surface area contributed by atoms with Crippen LogP contribution in [0.2, 0.25) is 0 Å². The fourth-order valence-corrected chi connectivity index (χ4v) is 0.925. The van der Waals surface area contributed by atoms with Crippen LogP contribution in [0.1, 0.15) is 6.92 Å². The Labute approximate surface area is 103 Å². The molecule has 6 heteroatoms. The van der Waals surface area contributed by atoms with Crippen molar-refractivity contribution in [1.82, 2.24) is 10.6 Å². The average Bonchev–Trinajstić information content (AvgIpc) is 2.15. The number of amidine groups is 1. The molecule has 0 saturated carbocycles. The minimum absolute atomic E-state index is 0.148. The first-order valence-electron chi connectivity index (χ1n) is 4.44. The molecule has 0 rings (SSSR count). The van der Waals surface area contributed by atoms with Crippen LogP contribution in [0.15, 0.2) is 41.2 Å². The highest BCUT2D eigenvalue weighted by Crippen LogP contribution is 1.97. The monoisotopic (exact) mass is 287 g/mol. The SMILES string of the molecule is C=C/C(=N/C(=C)NC(=O)OCC)NC(=C)Br. The second kappa shape index (κ2) is 7.70. The van der Waals surface area contributed by atoms with Gasteiger partial charge in [-0.15, -0.1) is 0 Å². The van der Waals surface area contributed by atoms with Crippen molar-refractivity contribution in [2.24, 2.45) is 4.99 Å². The molecule has 0 aromatic heterocycles. The number of amides is 1. The van der Waals surface area contributed by atoms with Crippen LogP contribution in [0.25, 0.3) is 0 Å². The number of rotatable bonds is 5. The van der Waals surface area contributed by atoms with Crippen LogP contribution in [0, 0.1) is 0 Å². The molecule has 0 radical (unpaired) electrons. The smallest absolute Gasteiger partial charge is 0.412 e. The van der Waals surface area contributed by atoms with Crippen molar-refractivity contribution in [3.63, 3.8) is 0 Å². The number of hydrogen-bond donors (Lipinski definition) is 2. The number of carbonyl (C=O) groups is 1. The normalized spacial score (nSPS) is 10.2. The van der Waals surface area contributed by atoms with Crippen molar-refractivity contribution in [3.8, 4) is 0 Å². The molecule has 0 atom stereocenters. The third-order valence-corrected chi connectivity index (χ3v) is 1.43. The molecule has 0 aliphatic heterocycles. The van der Waals surface area contributed by atoms with Gasteiger partial charge in [-0.2, -0.15) is 0 Å². The lowest BCUT2D eigenvalue weighted by atomic mass is 10.5. The Morgan fingerprint density at radius 3 is 2.56 bits per heavy atom. The molecule has 0 bridgehead atoms. The van der Waals surface area contributed by atoms with Gasteiger partial charge in [0.2, 0.25) is 0 Å². The maximum atomic E-state index is 11.0. The molecular weight excluding hydrogens is 274 g/mol. The molecule has 0 heterocycles. The van der Waals surface area contributed by atoms with Gasteiger partial charge >= 0.3 is 6.09 Å². The van der Waals surface area contributed by atoms with Crippen molar-refractivity contribution >= 4 is 27.9 Å². The highest BCUT2D eigenvalue weighted by atomic mass is 79.9. The van der Waals surface area contributed by atoms with Crippen molar-refractivity contribution in [3.05, 3.63) is 36.2 Å². The highest BCUT2D eigenvalue weighted by molar-refractivity contribution is 9.11. The Balaban J connectivity index is 4.37. The van der Waals surface area contributed by atoms with Gasteiger partial charge in [0.15, 0.2) is 0 Å². The first kappa shape index (κ1) is 14.4. The molecule has 1 amide bonds. The van der Waals surface area contributed by atoms with Crippen molar-refractivity contribution in [2.75, 3.05) is 6.61 Å². The Morgan fingerprint density at radius 2 is 2.12 bits per heavy atom. The number of aliphatic imine (C=N–C) groups is 1. The van der Waals surface area contributed by atoms with Gasteiger partial charge in [0.25, 0.3) is 0 Å². The molecule has 2 N–H and O–H groups in total. The third-order valence-electron chi connectivity index (χ3n) is 1.23. The Kier molecular flexibility index (Phi) is 6.95. The number of alkyl carbamates (subject to hydrolysis) is 1. The van der Waals surface area contributed by atoms with Crippen LogP contribution < -0.4 is 10.6 Å². The molecular formula is C10H14BrN3O2. The Hall–Kier alpha value is -1.56. The number of hydrogen-bond acceptors (Lipinski definition) is 3. The molecule has 0 aliphatic rings. The fourth-order valence-electron chi connectivity index (χ4n) is 0.722. The summed E-state index contributed by atoms with van der Waals surface area (Å²) in [5, 5.41) is 5.11. The highest BCUT2D eigenvalue weighted by Gasteiger charge is 2.02. The van der Waals surface area contributed by atoms with Crippen LogP contribution >= 0.6 is 15.9 Å². The number of carbonyl (C=O) groups excluding carboxylic acids is 1. The summed E-state index contributed by atoms with van der Waals surface area (Å²) < 4.78 is 5.18. The van der Waals surface area contributed by atoms with E-state index >= 15 is 0 Å². The van der Waals surface area contributed by atoms with Gasteiger partial charge < -0.3 is 10.1 Å². The lowest BCUT2D eigenvalue weighted by Crippen LogP contribution is -2.25. The summed E-state index contributed by atoms with van der Waals surface area (Å²) in [5.41, 5.74) is 0. The molecule has 0 aromatic carbocycles. The Morgan fingerprint density at radius 1 is 1.50 bits per heavy atom. The predicted molar refractivity (Wildman–Crippen MR) is 68.1 cm³/mol.